The Kier molecular flexibility index (Phi) is 5.88. The number of amides is 1. The van der Waals surface area contributed by atoms with E-state index in [1.54, 1.807) is 0 Å². The van der Waals surface area contributed by atoms with Gasteiger partial charge in [-0.3, -0.25) is 4.79 Å². The summed E-state index contributed by atoms with van der Waals surface area (Å²) < 4.78 is 12.5. The lowest BCUT2D eigenvalue weighted by Gasteiger charge is -2.01. The molecule has 14 heavy (non-hydrogen) atoms. The predicted molar refractivity (Wildman–Crippen MR) is 56.1 cm³/mol. The van der Waals surface area contributed by atoms with Crippen molar-refractivity contribution < 1.29 is 9.18 Å². The molecule has 78 valence electrons. The minimum Gasteiger partial charge on any atom is -0.355 e. The van der Waals surface area contributed by atoms with Crippen LogP contribution in [0.2, 0.25) is 5.02 Å². The fourth-order valence-electron chi connectivity index (χ4n) is 0.808. The van der Waals surface area contributed by atoms with Gasteiger partial charge >= 0.3 is 0 Å². The number of halogens is 2. The third-order valence-corrected chi connectivity index (χ3v) is 1.72. The van der Waals surface area contributed by atoms with E-state index < -0.39 is 5.82 Å². The van der Waals surface area contributed by atoms with Crippen LogP contribution in [-0.2, 0) is 0 Å². The van der Waals surface area contributed by atoms with Gasteiger partial charge in [-0.05, 0) is 18.2 Å². The molecule has 0 aliphatic carbocycles. The maximum absolute atomic E-state index is 12.5. The molecule has 0 radical (unpaired) electrons. The predicted octanol–water partition coefficient (Wildman–Crippen LogP) is 2.86. The summed E-state index contributed by atoms with van der Waals surface area (Å²) in [5.74, 6) is -0.771. The van der Waals surface area contributed by atoms with Crippen LogP contribution in [0.3, 0.4) is 0 Å². The van der Waals surface area contributed by atoms with Gasteiger partial charge in [-0.1, -0.05) is 25.4 Å². The van der Waals surface area contributed by atoms with E-state index in [1.165, 1.54) is 19.2 Å². The van der Waals surface area contributed by atoms with Crippen LogP contribution >= 0.6 is 11.6 Å². The molecular formula is C10H13ClFNO. The van der Waals surface area contributed by atoms with E-state index in [4.69, 9.17) is 11.6 Å². The summed E-state index contributed by atoms with van der Waals surface area (Å²) in [6, 6.07) is 3.64. The van der Waals surface area contributed by atoms with Crippen LogP contribution in [0.1, 0.15) is 24.2 Å². The van der Waals surface area contributed by atoms with Crippen molar-refractivity contribution in [3.8, 4) is 0 Å². The molecule has 1 rings (SSSR count). The van der Waals surface area contributed by atoms with E-state index in [2.05, 4.69) is 5.32 Å². The summed E-state index contributed by atoms with van der Waals surface area (Å²) in [5, 5.41) is 2.52. The summed E-state index contributed by atoms with van der Waals surface area (Å²) in [6.45, 7) is 4.00. The molecule has 0 aromatic heterocycles. The maximum atomic E-state index is 12.5. The van der Waals surface area contributed by atoms with Crippen molar-refractivity contribution in [2.45, 2.75) is 13.8 Å². The number of hydrogen-bond donors (Lipinski definition) is 1. The standard InChI is InChI=1S/C8H7ClFNO.C2H6/c1-11-8(12)6-3-2-5(10)4-7(6)9;1-2/h2-4H,1H3,(H,11,12);1-2H3. The normalized spacial score (nSPS) is 8.64. The molecular weight excluding hydrogens is 205 g/mol. The van der Waals surface area contributed by atoms with Crippen LogP contribution in [0, 0.1) is 5.82 Å². The molecule has 4 heteroatoms. The zero-order valence-corrected chi connectivity index (χ0v) is 9.15. The Morgan fingerprint density at radius 2 is 2.00 bits per heavy atom. The Bertz CT molecular complexity index is 315. The lowest BCUT2D eigenvalue weighted by molar-refractivity contribution is 0.0963. The van der Waals surface area contributed by atoms with Crippen LogP contribution in [-0.4, -0.2) is 13.0 Å². The van der Waals surface area contributed by atoms with Gasteiger partial charge in [0.1, 0.15) is 5.82 Å². The first kappa shape index (κ1) is 12.9. The summed E-state index contributed by atoms with van der Waals surface area (Å²) in [5.41, 5.74) is 0.278. The van der Waals surface area contributed by atoms with Crippen LogP contribution in [0.25, 0.3) is 0 Å². The highest BCUT2D eigenvalue weighted by molar-refractivity contribution is 6.33. The third kappa shape index (κ3) is 3.34. The number of carbonyl (C=O) groups excluding carboxylic acids is 1. The maximum Gasteiger partial charge on any atom is 0.252 e. The van der Waals surface area contributed by atoms with Gasteiger partial charge in [-0.15, -0.1) is 0 Å². The van der Waals surface area contributed by atoms with Crippen LogP contribution in [0.5, 0.6) is 0 Å². The first-order valence-corrected chi connectivity index (χ1v) is 4.70. The monoisotopic (exact) mass is 217 g/mol. The van der Waals surface area contributed by atoms with Crippen molar-refractivity contribution >= 4 is 17.5 Å². The third-order valence-electron chi connectivity index (χ3n) is 1.40. The van der Waals surface area contributed by atoms with E-state index in [0.29, 0.717) is 0 Å². The second-order valence-corrected chi connectivity index (χ2v) is 2.61. The van der Waals surface area contributed by atoms with Crippen LogP contribution in [0.4, 0.5) is 4.39 Å². The molecule has 1 amide bonds. The lowest BCUT2D eigenvalue weighted by atomic mass is 10.2. The molecule has 0 saturated carbocycles. The summed E-state index contributed by atoms with van der Waals surface area (Å²) >= 11 is 5.60. The van der Waals surface area contributed by atoms with Crippen molar-refractivity contribution in [1.82, 2.24) is 5.32 Å². The molecule has 2 nitrogen and oxygen atoms in total. The summed E-state index contributed by atoms with van der Waals surface area (Å²) in [4.78, 5) is 11.0. The number of nitrogens with one attached hydrogen (secondary N) is 1. The Labute approximate surface area is 88.1 Å². The van der Waals surface area contributed by atoms with Crippen molar-refractivity contribution in [2.24, 2.45) is 0 Å². The van der Waals surface area contributed by atoms with Crippen molar-refractivity contribution in [1.29, 1.82) is 0 Å². The second kappa shape index (κ2) is 6.38. The molecule has 0 aliphatic heterocycles. The fraction of sp³-hybridized carbons (Fsp3) is 0.300. The van der Waals surface area contributed by atoms with Gasteiger partial charge in [-0.2, -0.15) is 0 Å². The molecule has 0 heterocycles. The van der Waals surface area contributed by atoms with Gasteiger partial charge in [0.05, 0.1) is 10.6 Å². The number of hydrogen-bond acceptors (Lipinski definition) is 1. The van der Waals surface area contributed by atoms with Gasteiger partial charge in [-0.25, -0.2) is 4.39 Å². The molecule has 1 N–H and O–H groups in total. The summed E-state index contributed by atoms with van der Waals surface area (Å²) in [6.07, 6.45) is 0. The average Bonchev–Trinajstić information content (AvgIpc) is 2.20. The lowest BCUT2D eigenvalue weighted by Crippen LogP contribution is -2.18. The summed E-state index contributed by atoms with van der Waals surface area (Å²) in [7, 11) is 1.49. The minimum absolute atomic E-state index is 0.120. The quantitative estimate of drug-likeness (QED) is 0.770. The molecule has 0 fully saturated rings. The molecule has 1 aromatic carbocycles. The van der Waals surface area contributed by atoms with Gasteiger partial charge in [0.15, 0.2) is 0 Å². The van der Waals surface area contributed by atoms with Crippen molar-refractivity contribution in [3.05, 3.63) is 34.6 Å². The fourth-order valence-corrected chi connectivity index (χ4v) is 1.06. The Balaban J connectivity index is 0.000000791. The highest BCUT2D eigenvalue weighted by Crippen LogP contribution is 2.16. The van der Waals surface area contributed by atoms with E-state index in [0.717, 1.165) is 6.07 Å². The van der Waals surface area contributed by atoms with Crippen molar-refractivity contribution in [2.75, 3.05) is 7.05 Å². The Morgan fingerprint density at radius 3 is 2.43 bits per heavy atom. The molecule has 0 aliphatic rings. The van der Waals surface area contributed by atoms with E-state index >= 15 is 0 Å². The minimum atomic E-state index is -0.451. The van der Waals surface area contributed by atoms with Gasteiger partial charge in [0.2, 0.25) is 0 Å². The highest BCUT2D eigenvalue weighted by atomic mass is 35.5. The first-order chi connectivity index (χ1) is 6.65. The topological polar surface area (TPSA) is 29.1 Å². The molecule has 0 saturated heterocycles. The zero-order chi connectivity index (χ0) is 11.1. The highest BCUT2D eigenvalue weighted by Gasteiger charge is 2.08. The SMILES string of the molecule is CC.CNC(=O)c1ccc(F)cc1Cl. The molecule has 0 spiro atoms. The Hall–Kier alpha value is -1.09. The molecule has 1 aromatic rings. The van der Waals surface area contributed by atoms with E-state index in [9.17, 15) is 9.18 Å². The first-order valence-electron chi connectivity index (χ1n) is 4.32. The van der Waals surface area contributed by atoms with E-state index in [-0.39, 0.29) is 16.5 Å². The van der Waals surface area contributed by atoms with Crippen LogP contribution in [0.15, 0.2) is 18.2 Å². The smallest absolute Gasteiger partial charge is 0.252 e. The number of carbonyl (C=O) groups is 1. The largest absolute Gasteiger partial charge is 0.355 e. The average molecular weight is 218 g/mol. The van der Waals surface area contributed by atoms with Gasteiger partial charge in [0, 0.05) is 7.05 Å². The van der Waals surface area contributed by atoms with Gasteiger partial charge < -0.3 is 5.32 Å². The zero-order valence-electron chi connectivity index (χ0n) is 8.40. The Morgan fingerprint density at radius 1 is 1.43 bits per heavy atom. The van der Waals surface area contributed by atoms with Crippen LogP contribution < -0.4 is 5.32 Å². The molecule has 0 unspecified atom stereocenters. The molecule has 0 atom stereocenters. The van der Waals surface area contributed by atoms with E-state index in [1.807, 2.05) is 13.8 Å². The van der Waals surface area contributed by atoms with Gasteiger partial charge in [0.25, 0.3) is 5.91 Å². The molecule has 0 bridgehead atoms. The second-order valence-electron chi connectivity index (χ2n) is 2.20. The number of benzene rings is 1. The van der Waals surface area contributed by atoms with Crippen molar-refractivity contribution in [3.63, 3.8) is 0 Å². The number of rotatable bonds is 1.